The Hall–Kier alpha value is -0.410. The normalized spacial score (nSPS) is 20.5. The molecule has 3 heteroatoms. The molecule has 0 aromatic carbocycles. The Bertz CT molecular complexity index is 331. The van der Waals surface area contributed by atoms with Gasteiger partial charge in [0.2, 0.25) is 0 Å². The van der Waals surface area contributed by atoms with E-state index in [2.05, 4.69) is 5.32 Å². The number of nitrogens with one attached hydrogen (secondary N) is 1. The van der Waals surface area contributed by atoms with Crippen LogP contribution in [0.4, 0.5) is 0 Å². The zero-order valence-corrected chi connectivity index (χ0v) is 10.6. The second-order valence-corrected chi connectivity index (χ2v) is 6.28. The smallest absolute Gasteiger partial charge is 0.107 e. The summed E-state index contributed by atoms with van der Waals surface area (Å²) in [5.74, 6) is 0.937. The first-order valence-electron chi connectivity index (χ1n) is 6.60. The maximum absolute atomic E-state index is 4.71. The predicted molar refractivity (Wildman–Crippen MR) is 67.8 cm³/mol. The van der Waals surface area contributed by atoms with E-state index in [4.69, 9.17) is 4.98 Å². The Kier molecular flexibility index (Phi) is 3.25. The predicted octanol–water partition coefficient (Wildman–Crippen LogP) is 2.91. The van der Waals surface area contributed by atoms with Crippen molar-refractivity contribution in [2.24, 2.45) is 5.92 Å². The molecule has 1 N–H and O–H groups in total. The monoisotopic (exact) mass is 236 g/mol. The third kappa shape index (κ3) is 2.30. The molecular formula is C13H20N2S. The van der Waals surface area contributed by atoms with Crippen molar-refractivity contribution in [2.45, 2.75) is 51.5 Å². The van der Waals surface area contributed by atoms with E-state index in [-0.39, 0.29) is 0 Å². The molecule has 0 spiro atoms. The summed E-state index contributed by atoms with van der Waals surface area (Å²) in [4.78, 5) is 6.26. The highest BCUT2D eigenvalue weighted by atomic mass is 32.1. The van der Waals surface area contributed by atoms with Crippen molar-refractivity contribution in [1.29, 1.82) is 0 Å². The van der Waals surface area contributed by atoms with Gasteiger partial charge in [-0.05, 0) is 44.6 Å². The average Bonchev–Trinajstić information content (AvgIpc) is 2.91. The molecule has 2 nitrogen and oxygen atoms in total. The largest absolute Gasteiger partial charge is 0.310 e. The van der Waals surface area contributed by atoms with E-state index in [1.807, 2.05) is 11.3 Å². The van der Waals surface area contributed by atoms with Gasteiger partial charge < -0.3 is 5.32 Å². The fraction of sp³-hybridized carbons (Fsp3) is 0.769. The van der Waals surface area contributed by atoms with Gasteiger partial charge in [-0.25, -0.2) is 4.98 Å². The van der Waals surface area contributed by atoms with E-state index in [0.717, 1.165) is 12.5 Å². The Morgan fingerprint density at radius 1 is 1.19 bits per heavy atom. The van der Waals surface area contributed by atoms with E-state index in [9.17, 15) is 0 Å². The van der Waals surface area contributed by atoms with Crippen LogP contribution in [-0.4, -0.2) is 11.5 Å². The Morgan fingerprint density at radius 2 is 2.06 bits per heavy atom. The first kappa shape index (κ1) is 10.7. The molecule has 0 unspecified atom stereocenters. The molecule has 3 rings (SSSR count). The summed E-state index contributed by atoms with van der Waals surface area (Å²) in [7, 11) is 0. The fourth-order valence-electron chi connectivity index (χ4n) is 2.92. The molecule has 0 bridgehead atoms. The number of hydrogen-bond acceptors (Lipinski definition) is 3. The third-order valence-corrected chi connectivity index (χ3v) is 4.98. The minimum Gasteiger partial charge on any atom is -0.310 e. The van der Waals surface area contributed by atoms with Crippen molar-refractivity contribution < 1.29 is 0 Å². The minimum atomic E-state index is 0.937. The first-order valence-corrected chi connectivity index (χ1v) is 7.41. The first-order chi connectivity index (χ1) is 7.92. The maximum Gasteiger partial charge on any atom is 0.107 e. The molecule has 0 aliphatic heterocycles. The molecule has 16 heavy (non-hydrogen) atoms. The van der Waals surface area contributed by atoms with Gasteiger partial charge in [-0.1, -0.05) is 12.8 Å². The highest BCUT2D eigenvalue weighted by Gasteiger charge is 2.17. The zero-order chi connectivity index (χ0) is 10.8. The molecule has 88 valence electrons. The topological polar surface area (TPSA) is 24.9 Å². The second kappa shape index (κ2) is 4.84. The lowest BCUT2D eigenvalue weighted by molar-refractivity contribution is 0.488. The lowest BCUT2D eigenvalue weighted by Gasteiger charge is -2.08. The van der Waals surface area contributed by atoms with Crippen molar-refractivity contribution in [1.82, 2.24) is 10.3 Å². The van der Waals surface area contributed by atoms with Gasteiger partial charge in [0.05, 0.1) is 5.69 Å². The van der Waals surface area contributed by atoms with Gasteiger partial charge in [0.25, 0.3) is 0 Å². The van der Waals surface area contributed by atoms with E-state index in [0.29, 0.717) is 0 Å². The lowest BCUT2D eigenvalue weighted by Crippen LogP contribution is -2.20. The summed E-state index contributed by atoms with van der Waals surface area (Å²) in [5, 5.41) is 4.89. The van der Waals surface area contributed by atoms with E-state index < -0.39 is 0 Å². The Morgan fingerprint density at radius 3 is 2.88 bits per heavy atom. The van der Waals surface area contributed by atoms with Gasteiger partial charge in [-0.15, -0.1) is 11.3 Å². The second-order valence-electron chi connectivity index (χ2n) is 5.11. The summed E-state index contributed by atoms with van der Waals surface area (Å²) < 4.78 is 0. The molecule has 1 aromatic rings. The van der Waals surface area contributed by atoms with Crippen LogP contribution >= 0.6 is 11.3 Å². The van der Waals surface area contributed by atoms with Crippen LogP contribution in [0.3, 0.4) is 0 Å². The van der Waals surface area contributed by atoms with Crippen LogP contribution in [0.25, 0.3) is 0 Å². The highest BCUT2D eigenvalue weighted by Crippen LogP contribution is 2.27. The van der Waals surface area contributed by atoms with Crippen LogP contribution in [0.2, 0.25) is 0 Å². The molecule has 1 saturated carbocycles. The number of thiazole rings is 1. The zero-order valence-electron chi connectivity index (χ0n) is 9.80. The van der Waals surface area contributed by atoms with Crippen molar-refractivity contribution in [2.75, 3.05) is 6.54 Å². The summed E-state index contributed by atoms with van der Waals surface area (Å²) in [6.45, 7) is 2.19. The van der Waals surface area contributed by atoms with E-state index in [1.54, 1.807) is 4.88 Å². The van der Waals surface area contributed by atoms with Crippen LogP contribution in [-0.2, 0) is 19.4 Å². The molecule has 2 aliphatic rings. The number of hydrogen-bond donors (Lipinski definition) is 1. The highest BCUT2D eigenvalue weighted by molar-refractivity contribution is 7.11. The Balaban J connectivity index is 1.47. The van der Waals surface area contributed by atoms with Crippen molar-refractivity contribution >= 4 is 11.3 Å². The average molecular weight is 236 g/mol. The fourth-order valence-corrected chi connectivity index (χ4v) is 4.04. The van der Waals surface area contributed by atoms with Gasteiger partial charge in [-0.3, -0.25) is 0 Å². The molecule has 1 fully saturated rings. The van der Waals surface area contributed by atoms with Gasteiger partial charge >= 0.3 is 0 Å². The van der Waals surface area contributed by atoms with Gasteiger partial charge in [0, 0.05) is 11.4 Å². The lowest BCUT2D eigenvalue weighted by atomic mass is 10.1. The summed E-state index contributed by atoms with van der Waals surface area (Å²) in [6.07, 6.45) is 9.56. The Labute approximate surface area is 101 Å². The van der Waals surface area contributed by atoms with E-state index in [1.165, 1.54) is 62.2 Å². The molecule has 2 aliphatic carbocycles. The molecule has 0 saturated heterocycles. The van der Waals surface area contributed by atoms with Crippen molar-refractivity contribution in [3.8, 4) is 0 Å². The SMILES string of the molecule is C1Cc2nc(CNCC3CCCC3)sc2C1. The van der Waals surface area contributed by atoms with Crippen LogP contribution in [0.1, 0.15) is 47.7 Å². The molecule has 0 atom stereocenters. The standard InChI is InChI=1S/C13H20N2S/c1-2-5-10(4-1)8-14-9-13-15-11-6-3-7-12(11)16-13/h10,14H,1-9H2. The van der Waals surface area contributed by atoms with Gasteiger partial charge in [0.15, 0.2) is 0 Å². The van der Waals surface area contributed by atoms with Crippen molar-refractivity contribution in [3.05, 3.63) is 15.6 Å². The molecule has 0 radical (unpaired) electrons. The van der Waals surface area contributed by atoms with Gasteiger partial charge in [-0.2, -0.15) is 0 Å². The summed E-state index contributed by atoms with van der Waals surface area (Å²) in [5.41, 5.74) is 1.39. The number of aryl methyl sites for hydroxylation is 2. The molecule has 1 heterocycles. The number of fused-ring (bicyclic) bond motifs is 1. The number of nitrogens with zero attached hydrogens (tertiary/aromatic N) is 1. The van der Waals surface area contributed by atoms with Crippen molar-refractivity contribution in [3.63, 3.8) is 0 Å². The third-order valence-electron chi connectivity index (χ3n) is 3.82. The van der Waals surface area contributed by atoms with Crippen LogP contribution in [0, 0.1) is 5.92 Å². The number of rotatable bonds is 4. The van der Waals surface area contributed by atoms with Crippen LogP contribution < -0.4 is 5.32 Å². The molecular weight excluding hydrogens is 216 g/mol. The summed E-state index contributed by atoms with van der Waals surface area (Å²) in [6, 6.07) is 0. The molecule has 1 aromatic heterocycles. The van der Waals surface area contributed by atoms with Crippen LogP contribution in [0.5, 0.6) is 0 Å². The molecule has 0 amide bonds. The quantitative estimate of drug-likeness (QED) is 0.869. The number of aromatic nitrogens is 1. The van der Waals surface area contributed by atoms with E-state index >= 15 is 0 Å². The maximum atomic E-state index is 4.71. The minimum absolute atomic E-state index is 0.937. The van der Waals surface area contributed by atoms with Gasteiger partial charge in [0.1, 0.15) is 5.01 Å². The summed E-state index contributed by atoms with van der Waals surface area (Å²) >= 11 is 1.93. The van der Waals surface area contributed by atoms with Crippen LogP contribution in [0.15, 0.2) is 0 Å².